The number of carbonyl (C=O) groups is 1. The molecule has 5 rings (SSSR count). The van der Waals surface area contributed by atoms with Crippen LogP contribution in [-0.4, -0.2) is 50.3 Å². The van der Waals surface area contributed by atoms with Crippen LogP contribution in [0, 0.1) is 37.4 Å². The van der Waals surface area contributed by atoms with E-state index in [9.17, 15) is 14.3 Å². The van der Waals surface area contributed by atoms with Crippen molar-refractivity contribution in [3.8, 4) is 41.8 Å². The van der Waals surface area contributed by atoms with Crippen molar-refractivity contribution in [2.75, 3.05) is 19.7 Å². The molecule has 1 saturated heterocycles. The van der Waals surface area contributed by atoms with E-state index in [4.69, 9.17) is 15.0 Å². The molecule has 1 aromatic carbocycles. The second-order valence-electron chi connectivity index (χ2n) is 8.44. The van der Waals surface area contributed by atoms with Crippen LogP contribution in [-0.2, 0) is 13.1 Å². The SMILES string of the molecule is C#C.Cc1cc([C@H](O)C#Cc2cc3c(cc2F)OCCn2c-3nc(C(N)=O)c2CN2CCCC2)no1. The molecule has 10 heteroatoms. The Morgan fingerprint density at radius 1 is 1.28 bits per heavy atom. The van der Waals surface area contributed by atoms with Gasteiger partial charge in [0.25, 0.3) is 5.91 Å². The van der Waals surface area contributed by atoms with E-state index in [1.54, 1.807) is 13.0 Å². The van der Waals surface area contributed by atoms with Gasteiger partial charge >= 0.3 is 0 Å². The number of benzene rings is 1. The van der Waals surface area contributed by atoms with Crippen LogP contribution in [0.25, 0.3) is 11.4 Å². The van der Waals surface area contributed by atoms with Gasteiger partial charge < -0.3 is 24.7 Å². The van der Waals surface area contributed by atoms with Gasteiger partial charge in [-0.1, -0.05) is 17.0 Å². The normalized spacial score (nSPS) is 15.2. The van der Waals surface area contributed by atoms with Crippen LogP contribution in [0.4, 0.5) is 4.39 Å². The van der Waals surface area contributed by atoms with Crippen molar-refractivity contribution in [1.82, 2.24) is 19.6 Å². The summed E-state index contributed by atoms with van der Waals surface area (Å²) in [4.78, 5) is 19.0. The minimum Gasteiger partial charge on any atom is -0.491 e. The molecule has 36 heavy (non-hydrogen) atoms. The lowest BCUT2D eigenvalue weighted by Gasteiger charge is -2.17. The fraction of sp³-hybridized carbons (Fsp3) is 0.346. The number of aryl methyl sites for hydroxylation is 1. The number of hydrogen-bond acceptors (Lipinski definition) is 7. The quantitative estimate of drug-likeness (QED) is 0.538. The molecule has 2 aliphatic rings. The van der Waals surface area contributed by atoms with Crippen molar-refractivity contribution in [2.24, 2.45) is 5.73 Å². The van der Waals surface area contributed by atoms with Gasteiger partial charge in [0, 0.05) is 18.7 Å². The van der Waals surface area contributed by atoms with E-state index in [-0.39, 0.29) is 23.6 Å². The lowest BCUT2D eigenvalue weighted by Crippen LogP contribution is -2.24. The number of aliphatic hydroxyl groups is 1. The van der Waals surface area contributed by atoms with Gasteiger partial charge in [-0.25, -0.2) is 9.37 Å². The summed E-state index contributed by atoms with van der Waals surface area (Å²) >= 11 is 0. The maximum atomic E-state index is 14.8. The number of primary amides is 1. The zero-order valence-electron chi connectivity index (χ0n) is 19.8. The first-order valence-corrected chi connectivity index (χ1v) is 11.4. The monoisotopic (exact) mass is 491 g/mol. The third-order valence-electron chi connectivity index (χ3n) is 6.03. The average Bonchev–Trinajstić information content (AvgIpc) is 3.59. The number of terminal acetylenes is 1. The highest BCUT2D eigenvalue weighted by Gasteiger charge is 2.28. The van der Waals surface area contributed by atoms with Crippen LogP contribution >= 0.6 is 0 Å². The average molecular weight is 492 g/mol. The van der Waals surface area contributed by atoms with Crippen molar-refractivity contribution in [2.45, 2.75) is 39.0 Å². The van der Waals surface area contributed by atoms with Gasteiger partial charge in [0.2, 0.25) is 0 Å². The number of aliphatic hydroxyl groups excluding tert-OH is 1. The van der Waals surface area contributed by atoms with Crippen LogP contribution in [0.3, 0.4) is 0 Å². The van der Waals surface area contributed by atoms with Gasteiger partial charge in [-0.15, -0.1) is 12.8 Å². The van der Waals surface area contributed by atoms with Crippen molar-refractivity contribution in [1.29, 1.82) is 0 Å². The summed E-state index contributed by atoms with van der Waals surface area (Å²) in [5, 5.41) is 14.0. The summed E-state index contributed by atoms with van der Waals surface area (Å²) in [6.45, 7) is 4.88. The molecule has 0 bridgehead atoms. The first-order chi connectivity index (χ1) is 17.4. The molecule has 2 aromatic heterocycles. The van der Waals surface area contributed by atoms with Gasteiger partial charge in [-0.05, 0) is 38.9 Å². The summed E-state index contributed by atoms with van der Waals surface area (Å²) in [6, 6.07) is 4.33. The number of ether oxygens (including phenoxy) is 1. The van der Waals surface area contributed by atoms with Gasteiger partial charge in [-0.2, -0.15) is 0 Å². The van der Waals surface area contributed by atoms with E-state index in [0.717, 1.165) is 31.6 Å². The van der Waals surface area contributed by atoms with Gasteiger partial charge in [0.05, 0.1) is 23.4 Å². The third-order valence-corrected chi connectivity index (χ3v) is 6.03. The standard InChI is InChI=1S/C24H24FN5O4.C2H2/c1-14-10-18(28-34-14)20(31)5-4-15-11-16-21(12-17(15)25)33-9-8-30-19(13-29-6-2-3-7-29)22(23(26)32)27-24(16)30;1-2/h10-12,20,31H,2-3,6-9,13H2,1H3,(H2,26,32);1-2H/t20-;/m1./s1. The number of hydrogen-bond donors (Lipinski definition) is 2. The van der Waals surface area contributed by atoms with Crippen molar-refractivity contribution >= 4 is 5.91 Å². The number of halogens is 1. The molecular formula is C26H26FN5O4. The van der Waals surface area contributed by atoms with E-state index >= 15 is 0 Å². The minimum absolute atomic E-state index is 0.0554. The molecule has 0 saturated carbocycles. The number of likely N-dealkylation sites (tertiary alicyclic amines) is 1. The Hall–Kier alpha value is -4.12. The molecule has 9 nitrogen and oxygen atoms in total. The van der Waals surface area contributed by atoms with E-state index in [1.807, 2.05) is 4.57 Å². The predicted octanol–water partition coefficient (Wildman–Crippen LogP) is 2.41. The van der Waals surface area contributed by atoms with E-state index in [2.05, 4.69) is 39.7 Å². The number of amides is 1. The summed E-state index contributed by atoms with van der Waals surface area (Å²) in [5.41, 5.74) is 7.41. The Bertz CT molecular complexity index is 1360. The molecule has 4 heterocycles. The fourth-order valence-corrected chi connectivity index (χ4v) is 4.37. The molecular weight excluding hydrogens is 465 g/mol. The molecule has 1 atom stereocenters. The molecule has 1 fully saturated rings. The van der Waals surface area contributed by atoms with Crippen LogP contribution in [0.15, 0.2) is 22.7 Å². The smallest absolute Gasteiger partial charge is 0.269 e. The first kappa shape index (κ1) is 25.0. The van der Waals surface area contributed by atoms with E-state index in [0.29, 0.717) is 36.0 Å². The molecule has 0 radical (unpaired) electrons. The number of carbonyl (C=O) groups excluding carboxylic acids is 1. The molecule has 0 spiro atoms. The van der Waals surface area contributed by atoms with E-state index < -0.39 is 17.8 Å². The molecule has 0 unspecified atom stereocenters. The van der Waals surface area contributed by atoms with Crippen molar-refractivity contribution in [3.05, 3.63) is 52.4 Å². The zero-order chi connectivity index (χ0) is 25.8. The largest absolute Gasteiger partial charge is 0.491 e. The van der Waals surface area contributed by atoms with Crippen LogP contribution in [0.1, 0.15) is 52.1 Å². The third kappa shape index (κ3) is 4.96. The molecule has 2 aliphatic heterocycles. The Morgan fingerprint density at radius 2 is 2.03 bits per heavy atom. The molecule has 3 aromatic rings. The topological polar surface area (TPSA) is 120 Å². The number of fused-ring (bicyclic) bond motifs is 3. The zero-order valence-corrected chi connectivity index (χ0v) is 19.8. The highest BCUT2D eigenvalue weighted by atomic mass is 19.1. The summed E-state index contributed by atoms with van der Waals surface area (Å²) in [6.07, 6.45) is 8.99. The lowest BCUT2D eigenvalue weighted by molar-refractivity contribution is 0.0993. The highest BCUT2D eigenvalue weighted by molar-refractivity contribution is 5.93. The number of rotatable bonds is 4. The predicted molar refractivity (Wildman–Crippen MR) is 129 cm³/mol. The highest BCUT2D eigenvalue weighted by Crippen LogP contribution is 2.36. The summed E-state index contributed by atoms with van der Waals surface area (Å²) < 4.78 is 27.5. The molecule has 186 valence electrons. The number of nitrogens with zero attached hydrogens (tertiary/aromatic N) is 4. The van der Waals surface area contributed by atoms with Crippen molar-refractivity contribution in [3.63, 3.8) is 0 Å². The van der Waals surface area contributed by atoms with Gasteiger partial charge in [-0.3, -0.25) is 9.69 Å². The van der Waals surface area contributed by atoms with Crippen molar-refractivity contribution < 1.29 is 23.6 Å². The second-order valence-corrected chi connectivity index (χ2v) is 8.44. The van der Waals surface area contributed by atoms with E-state index in [1.165, 1.54) is 12.1 Å². The lowest BCUT2D eigenvalue weighted by atomic mass is 10.1. The number of aromatic nitrogens is 3. The Kier molecular flexibility index (Phi) is 7.39. The maximum Gasteiger partial charge on any atom is 0.269 e. The second kappa shape index (κ2) is 10.6. The molecule has 0 aliphatic carbocycles. The minimum atomic E-state index is -1.23. The fourth-order valence-electron chi connectivity index (χ4n) is 4.37. The molecule has 3 N–H and O–H groups in total. The number of nitrogens with two attached hydrogens (primary N) is 1. The van der Waals surface area contributed by atoms with Gasteiger partial charge in [0.15, 0.2) is 11.8 Å². The summed E-state index contributed by atoms with van der Waals surface area (Å²) in [7, 11) is 0. The van der Waals surface area contributed by atoms with Crippen LogP contribution in [0.2, 0.25) is 0 Å². The van der Waals surface area contributed by atoms with Gasteiger partial charge in [0.1, 0.15) is 35.5 Å². The summed E-state index contributed by atoms with van der Waals surface area (Å²) in [5.74, 6) is 5.39. The Labute approximate surface area is 208 Å². The first-order valence-electron chi connectivity index (χ1n) is 11.4. The van der Waals surface area contributed by atoms with Crippen LogP contribution < -0.4 is 10.5 Å². The maximum absolute atomic E-state index is 14.8. The number of imidazole rings is 1. The Morgan fingerprint density at radius 3 is 2.69 bits per heavy atom. The van der Waals surface area contributed by atoms with Crippen LogP contribution in [0.5, 0.6) is 5.75 Å². The molecule has 1 amide bonds. The Balaban J connectivity index is 0.00000148.